The average molecular weight is 360 g/mol. The SMILES string of the molecule is CC(=O)NC(CC(=O)Nc1nc(CC(N)=O)cs1)c1ccc(C)cc1. The molecule has 1 heterocycles. The summed E-state index contributed by atoms with van der Waals surface area (Å²) in [5.41, 5.74) is 7.59. The molecule has 0 radical (unpaired) electrons. The van der Waals surface area contributed by atoms with Crippen molar-refractivity contribution in [3.63, 3.8) is 0 Å². The Bertz CT molecular complexity index is 770. The number of aromatic nitrogens is 1. The number of carbonyl (C=O) groups is 3. The largest absolute Gasteiger partial charge is 0.369 e. The first-order valence-electron chi connectivity index (χ1n) is 7.69. The average Bonchev–Trinajstić information content (AvgIpc) is 2.93. The maximum atomic E-state index is 12.3. The summed E-state index contributed by atoms with van der Waals surface area (Å²) < 4.78 is 0. The van der Waals surface area contributed by atoms with Gasteiger partial charge < -0.3 is 16.4 Å². The highest BCUT2D eigenvalue weighted by Gasteiger charge is 2.18. The predicted molar refractivity (Wildman–Crippen MR) is 96.0 cm³/mol. The maximum absolute atomic E-state index is 12.3. The van der Waals surface area contributed by atoms with Gasteiger partial charge in [0.1, 0.15) is 0 Å². The van der Waals surface area contributed by atoms with Gasteiger partial charge in [-0.25, -0.2) is 4.98 Å². The van der Waals surface area contributed by atoms with Crippen molar-refractivity contribution in [1.82, 2.24) is 10.3 Å². The molecule has 8 heteroatoms. The minimum Gasteiger partial charge on any atom is -0.369 e. The third kappa shape index (κ3) is 6.00. The van der Waals surface area contributed by atoms with E-state index in [4.69, 9.17) is 5.73 Å². The van der Waals surface area contributed by atoms with E-state index in [1.165, 1.54) is 18.3 Å². The van der Waals surface area contributed by atoms with Crippen molar-refractivity contribution in [2.24, 2.45) is 5.73 Å². The topological polar surface area (TPSA) is 114 Å². The number of primary amides is 1. The summed E-state index contributed by atoms with van der Waals surface area (Å²) in [7, 11) is 0. The molecule has 7 nitrogen and oxygen atoms in total. The van der Waals surface area contributed by atoms with E-state index in [1.807, 2.05) is 31.2 Å². The number of hydrogen-bond acceptors (Lipinski definition) is 5. The van der Waals surface area contributed by atoms with Crippen molar-refractivity contribution in [1.29, 1.82) is 0 Å². The van der Waals surface area contributed by atoms with Crippen LogP contribution in [0.15, 0.2) is 29.6 Å². The Morgan fingerprint density at radius 3 is 2.52 bits per heavy atom. The molecule has 0 aliphatic heterocycles. The molecule has 132 valence electrons. The maximum Gasteiger partial charge on any atom is 0.228 e. The number of hydrogen-bond donors (Lipinski definition) is 3. The fourth-order valence-electron chi connectivity index (χ4n) is 2.28. The van der Waals surface area contributed by atoms with Crippen LogP contribution >= 0.6 is 11.3 Å². The fourth-order valence-corrected chi connectivity index (χ4v) is 3.00. The molecule has 25 heavy (non-hydrogen) atoms. The van der Waals surface area contributed by atoms with Gasteiger partial charge in [0.25, 0.3) is 0 Å². The van der Waals surface area contributed by atoms with Crippen molar-refractivity contribution < 1.29 is 14.4 Å². The summed E-state index contributed by atoms with van der Waals surface area (Å²) in [6.45, 7) is 3.38. The van der Waals surface area contributed by atoms with Gasteiger partial charge in [-0.1, -0.05) is 29.8 Å². The van der Waals surface area contributed by atoms with Crippen LogP contribution in [0.25, 0.3) is 0 Å². The van der Waals surface area contributed by atoms with E-state index in [-0.39, 0.29) is 24.7 Å². The van der Waals surface area contributed by atoms with Gasteiger partial charge in [-0.2, -0.15) is 0 Å². The molecule has 0 aliphatic rings. The number of rotatable bonds is 7. The summed E-state index contributed by atoms with van der Waals surface area (Å²) in [5.74, 6) is -0.969. The highest BCUT2D eigenvalue weighted by Crippen LogP contribution is 2.20. The molecule has 0 saturated heterocycles. The molecule has 1 aromatic carbocycles. The lowest BCUT2D eigenvalue weighted by Crippen LogP contribution is -2.29. The van der Waals surface area contributed by atoms with E-state index in [0.29, 0.717) is 10.8 Å². The summed E-state index contributed by atoms with van der Waals surface area (Å²) >= 11 is 1.22. The van der Waals surface area contributed by atoms with Crippen LogP contribution in [0.2, 0.25) is 0 Å². The molecule has 4 N–H and O–H groups in total. The van der Waals surface area contributed by atoms with Crippen LogP contribution in [0, 0.1) is 6.92 Å². The van der Waals surface area contributed by atoms with Gasteiger partial charge in [0, 0.05) is 12.3 Å². The van der Waals surface area contributed by atoms with Crippen LogP contribution in [-0.2, 0) is 20.8 Å². The van der Waals surface area contributed by atoms with E-state index < -0.39 is 11.9 Å². The molecule has 0 fully saturated rings. The molecule has 1 atom stereocenters. The van der Waals surface area contributed by atoms with Crippen molar-refractivity contribution in [3.05, 3.63) is 46.5 Å². The smallest absolute Gasteiger partial charge is 0.228 e. The first-order valence-corrected chi connectivity index (χ1v) is 8.57. The Hall–Kier alpha value is -2.74. The minimum atomic E-state index is -0.478. The molecular formula is C17H20N4O3S. The van der Waals surface area contributed by atoms with Crippen LogP contribution in [0.4, 0.5) is 5.13 Å². The number of nitrogens with zero attached hydrogens (tertiary/aromatic N) is 1. The molecule has 0 aliphatic carbocycles. The zero-order chi connectivity index (χ0) is 18.4. The molecule has 0 bridgehead atoms. The van der Waals surface area contributed by atoms with Crippen molar-refractivity contribution in [3.8, 4) is 0 Å². The van der Waals surface area contributed by atoms with Gasteiger partial charge in [0.2, 0.25) is 17.7 Å². The standard InChI is InChI=1S/C17H20N4O3S/c1-10-3-5-12(6-4-10)14(19-11(2)22)8-16(24)21-17-20-13(9-25-17)7-15(18)23/h3-6,9,14H,7-8H2,1-2H3,(H2,18,23)(H,19,22)(H,20,21,24). The van der Waals surface area contributed by atoms with E-state index in [1.54, 1.807) is 5.38 Å². The summed E-state index contributed by atoms with van der Waals surface area (Å²) in [5, 5.41) is 7.54. The van der Waals surface area contributed by atoms with Crippen molar-refractivity contribution in [2.45, 2.75) is 32.7 Å². The van der Waals surface area contributed by atoms with Gasteiger partial charge in [-0.3, -0.25) is 14.4 Å². The molecule has 1 aromatic heterocycles. The summed E-state index contributed by atoms with van der Waals surface area (Å²) in [6, 6.07) is 7.20. The number of nitrogens with one attached hydrogen (secondary N) is 2. The second-order valence-electron chi connectivity index (χ2n) is 5.70. The Balaban J connectivity index is 2.03. The number of amides is 3. The molecule has 0 spiro atoms. The highest BCUT2D eigenvalue weighted by atomic mass is 32.1. The van der Waals surface area contributed by atoms with Crippen LogP contribution < -0.4 is 16.4 Å². The Morgan fingerprint density at radius 1 is 1.24 bits per heavy atom. The molecule has 3 amide bonds. The van der Waals surface area contributed by atoms with Gasteiger partial charge >= 0.3 is 0 Å². The van der Waals surface area contributed by atoms with Gasteiger partial charge in [0.15, 0.2) is 5.13 Å². The molecule has 2 aromatic rings. The van der Waals surface area contributed by atoms with Crippen LogP contribution in [-0.4, -0.2) is 22.7 Å². The lowest BCUT2D eigenvalue weighted by atomic mass is 10.0. The third-order valence-electron chi connectivity index (χ3n) is 3.40. The lowest BCUT2D eigenvalue weighted by molar-refractivity contribution is -0.120. The minimum absolute atomic E-state index is 0.0320. The Morgan fingerprint density at radius 2 is 1.92 bits per heavy atom. The monoisotopic (exact) mass is 360 g/mol. The molecule has 0 saturated carbocycles. The van der Waals surface area contributed by atoms with E-state index in [9.17, 15) is 14.4 Å². The molecule has 1 unspecified atom stereocenters. The van der Waals surface area contributed by atoms with E-state index in [0.717, 1.165) is 11.1 Å². The lowest BCUT2D eigenvalue weighted by Gasteiger charge is -2.18. The number of carbonyl (C=O) groups excluding carboxylic acids is 3. The highest BCUT2D eigenvalue weighted by molar-refractivity contribution is 7.13. The number of nitrogens with two attached hydrogens (primary N) is 1. The third-order valence-corrected chi connectivity index (χ3v) is 4.21. The Labute approximate surface area is 149 Å². The number of anilines is 1. The van der Waals surface area contributed by atoms with Crippen molar-refractivity contribution >= 4 is 34.2 Å². The van der Waals surface area contributed by atoms with Crippen LogP contribution in [0.1, 0.15) is 36.2 Å². The zero-order valence-electron chi connectivity index (χ0n) is 14.0. The summed E-state index contributed by atoms with van der Waals surface area (Å²) in [6.07, 6.45) is 0.109. The van der Waals surface area contributed by atoms with Gasteiger partial charge in [-0.05, 0) is 12.5 Å². The second-order valence-corrected chi connectivity index (χ2v) is 6.56. The Kier molecular flexibility index (Phi) is 6.24. The van der Waals surface area contributed by atoms with Crippen molar-refractivity contribution in [2.75, 3.05) is 5.32 Å². The van der Waals surface area contributed by atoms with Crippen LogP contribution in [0.3, 0.4) is 0 Å². The fraction of sp³-hybridized carbons (Fsp3) is 0.294. The first-order chi connectivity index (χ1) is 11.8. The van der Waals surface area contributed by atoms with Gasteiger partial charge in [0.05, 0.1) is 24.6 Å². The predicted octanol–water partition coefficient (Wildman–Crippen LogP) is 1.69. The first kappa shape index (κ1) is 18.6. The summed E-state index contributed by atoms with van der Waals surface area (Å²) in [4.78, 5) is 38.8. The number of thiazole rings is 1. The van der Waals surface area contributed by atoms with Gasteiger partial charge in [-0.15, -0.1) is 11.3 Å². The second kappa shape index (κ2) is 8.39. The molecule has 2 rings (SSSR count). The number of benzene rings is 1. The molecular weight excluding hydrogens is 340 g/mol. The van der Waals surface area contributed by atoms with E-state index in [2.05, 4.69) is 15.6 Å². The quantitative estimate of drug-likeness (QED) is 0.697. The van der Waals surface area contributed by atoms with E-state index >= 15 is 0 Å². The number of aryl methyl sites for hydroxylation is 1. The normalized spacial score (nSPS) is 11.6. The zero-order valence-corrected chi connectivity index (χ0v) is 14.9. The van der Waals surface area contributed by atoms with Crippen LogP contribution in [0.5, 0.6) is 0 Å².